The topological polar surface area (TPSA) is 3.24 Å². The fraction of sp³-hybridized carbons (Fsp3) is 0.833. The number of likely N-dealkylation sites (tertiary alicyclic amines) is 1. The summed E-state index contributed by atoms with van der Waals surface area (Å²) in [5, 5.41) is 0. The average molecular weight is 179 g/mol. The van der Waals surface area contributed by atoms with Gasteiger partial charge < -0.3 is 4.90 Å². The van der Waals surface area contributed by atoms with Crippen LogP contribution in [0, 0.1) is 7.05 Å². The molecule has 4 heteroatoms. The van der Waals surface area contributed by atoms with E-state index in [0.717, 1.165) is 0 Å². The summed E-state index contributed by atoms with van der Waals surface area (Å²) in [5.74, 6) is -2.42. The molecular formula is C6H10F2NSc-. The Hall–Kier alpha value is 0.690. The Morgan fingerprint density at radius 1 is 1.20 bits per heavy atom. The van der Waals surface area contributed by atoms with Gasteiger partial charge >= 0.3 is 0 Å². The fourth-order valence-electron chi connectivity index (χ4n) is 0.880. The molecule has 0 spiro atoms. The van der Waals surface area contributed by atoms with Gasteiger partial charge in [0.15, 0.2) is 0 Å². The van der Waals surface area contributed by atoms with Gasteiger partial charge in [0.25, 0.3) is 0 Å². The number of hydrogen-bond donors (Lipinski definition) is 0. The van der Waals surface area contributed by atoms with Crippen molar-refractivity contribution >= 4 is 0 Å². The number of halogens is 2. The van der Waals surface area contributed by atoms with Crippen LogP contribution in [0.25, 0.3) is 0 Å². The first kappa shape index (κ1) is 10.7. The van der Waals surface area contributed by atoms with Gasteiger partial charge in [0.05, 0.1) is 0 Å². The van der Waals surface area contributed by atoms with Gasteiger partial charge in [0.2, 0.25) is 5.92 Å². The molecule has 0 saturated carbocycles. The van der Waals surface area contributed by atoms with E-state index < -0.39 is 5.92 Å². The van der Waals surface area contributed by atoms with E-state index in [1.165, 1.54) is 0 Å². The first-order valence-electron chi connectivity index (χ1n) is 3.03. The monoisotopic (exact) mass is 179 g/mol. The molecule has 1 nitrogen and oxygen atoms in total. The van der Waals surface area contributed by atoms with Crippen molar-refractivity contribution in [2.75, 3.05) is 13.1 Å². The summed E-state index contributed by atoms with van der Waals surface area (Å²) in [5.41, 5.74) is 0. The smallest absolute Gasteiger partial charge is 0.250 e. The van der Waals surface area contributed by atoms with Crippen LogP contribution in [0.15, 0.2) is 0 Å². The van der Waals surface area contributed by atoms with E-state index in [0.29, 0.717) is 13.1 Å². The molecule has 0 N–H and O–H groups in total. The predicted octanol–water partition coefficient (Wildman–Crippen LogP) is 1.51. The third-order valence-corrected chi connectivity index (χ3v) is 1.59. The van der Waals surface area contributed by atoms with Crippen molar-refractivity contribution in [3.8, 4) is 0 Å². The second-order valence-corrected chi connectivity index (χ2v) is 2.47. The second kappa shape index (κ2) is 3.90. The van der Waals surface area contributed by atoms with Crippen LogP contribution in [0.3, 0.4) is 0 Å². The van der Waals surface area contributed by atoms with Crippen LogP contribution < -0.4 is 0 Å². The van der Waals surface area contributed by atoms with Gasteiger partial charge in [-0.15, -0.1) is 0 Å². The maximum atomic E-state index is 12.3. The van der Waals surface area contributed by atoms with Crippen molar-refractivity contribution in [1.82, 2.24) is 4.90 Å². The summed E-state index contributed by atoms with van der Waals surface area (Å²) in [6.45, 7) is 0.847. The van der Waals surface area contributed by atoms with Crippen LogP contribution in [0.5, 0.6) is 0 Å². The molecule has 1 aliphatic heterocycles. The molecule has 1 saturated heterocycles. The van der Waals surface area contributed by atoms with E-state index in [1.54, 1.807) is 4.90 Å². The van der Waals surface area contributed by atoms with Crippen molar-refractivity contribution in [2.45, 2.75) is 18.8 Å². The largest absolute Gasteiger partial charge is 0.459 e. The van der Waals surface area contributed by atoms with Gasteiger partial charge in [0.1, 0.15) is 0 Å². The molecule has 0 unspecified atom stereocenters. The summed E-state index contributed by atoms with van der Waals surface area (Å²) in [4.78, 5) is 1.68. The minimum Gasteiger partial charge on any atom is -0.459 e. The number of hydrogen-bond acceptors (Lipinski definition) is 1. The van der Waals surface area contributed by atoms with Crippen molar-refractivity contribution in [3.63, 3.8) is 0 Å². The number of nitrogens with zero attached hydrogens (tertiary/aromatic N) is 1. The molecule has 0 amide bonds. The van der Waals surface area contributed by atoms with Crippen LogP contribution >= 0.6 is 0 Å². The molecule has 1 rings (SSSR count). The predicted molar refractivity (Wildman–Crippen MR) is 31.1 cm³/mol. The number of alkyl halides is 2. The molecule has 0 aromatic carbocycles. The van der Waals surface area contributed by atoms with Crippen LogP contribution in [0.1, 0.15) is 12.8 Å². The van der Waals surface area contributed by atoms with Crippen molar-refractivity contribution in [1.29, 1.82) is 0 Å². The van der Waals surface area contributed by atoms with E-state index in [1.807, 2.05) is 0 Å². The van der Waals surface area contributed by atoms with E-state index in [9.17, 15) is 8.78 Å². The molecule has 10 heavy (non-hydrogen) atoms. The van der Waals surface area contributed by atoms with Gasteiger partial charge in [-0.1, -0.05) is 0 Å². The molecule has 0 aromatic rings. The zero-order valence-electron chi connectivity index (χ0n) is 5.82. The molecular weight excluding hydrogens is 169 g/mol. The summed E-state index contributed by atoms with van der Waals surface area (Å²) in [6.07, 6.45) is -0.0625. The number of rotatable bonds is 0. The van der Waals surface area contributed by atoms with E-state index in [4.69, 9.17) is 0 Å². The zero-order chi connectivity index (χ0) is 6.91. The van der Waals surface area contributed by atoms with Crippen molar-refractivity contribution in [2.24, 2.45) is 0 Å². The van der Waals surface area contributed by atoms with Crippen molar-refractivity contribution < 1.29 is 34.6 Å². The van der Waals surface area contributed by atoms with Crippen LogP contribution in [-0.2, 0) is 25.8 Å². The Bertz CT molecular complexity index is 97.9. The first-order chi connectivity index (χ1) is 4.10. The molecule has 1 fully saturated rings. The standard InChI is InChI=1S/C6H10F2N.Sc/c1-9-4-2-6(7,8)3-5-9;/h1-5H2;/q-1;. The SMILES string of the molecule is [CH2-]N1CCC(F)(F)CC1.[Sc]. The Morgan fingerprint density at radius 3 is 1.90 bits per heavy atom. The minimum absolute atomic E-state index is 0. The fourth-order valence-corrected chi connectivity index (χ4v) is 0.880. The summed E-state index contributed by atoms with van der Waals surface area (Å²) in [6, 6.07) is 0. The molecule has 0 atom stereocenters. The average Bonchev–Trinajstić information content (AvgIpc) is 1.78. The molecule has 0 bridgehead atoms. The van der Waals surface area contributed by atoms with Crippen LogP contribution in [0.2, 0.25) is 0 Å². The molecule has 57 valence electrons. The molecule has 1 radical (unpaired) electrons. The molecule has 1 heterocycles. The van der Waals surface area contributed by atoms with E-state index in [2.05, 4.69) is 7.05 Å². The minimum atomic E-state index is -2.42. The van der Waals surface area contributed by atoms with Crippen LogP contribution in [-0.4, -0.2) is 23.9 Å². The first-order valence-corrected chi connectivity index (χ1v) is 3.03. The van der Waals surface area contributed by atoms with Crippen LogP contribution in [0.4, 0.5) is 8.78 Å². The Morgan fingerprint density at radius 2 is 1.60 bits per heavy atom. The summed E-state index contributed by atoms with van der Waals surface area (Å²) >= 11 is 0. The molecule has 0 aromatic heterocycles. The third kappa shape index (κ3) is 3.19. The van der Waals surface area contributed by atoms with Gasteiger partial charge in [-0.05, 0) is 13.1 Å². The van der Waals surface area contributed by atoms with E-state index >= 15 is 0 Å². The Kier molecular flexibility index (Phi) is 4.17. The number of piperidine rings is 1. The normalized spacial score (nSPS) is 25.5. The second-order valence-electron chi connectivity index (χ2n) is 2.47. The zero-order valence-corrected chi connectivity index (χ0v) is 7.62. The summed E-state index contributed by atoms with van der Waals surface area (Å²) in [7, 11) is 3.56. The Labute approximate surface area is 78.6 Å². The van der Waals surface area contributed by atoms with E-state index in [-0.39, 0.29) is 38.7 Å². The van der Waals surface area contributed by atoms with Crippen molar-refractivity contribution in [3.05, 3.63) is 7.05 Å². The van der Waals surface area contributed by atoms with Gasteiger partial charge in [-0.2, -0.15) is 0 Å². The summed E-state index contributed by atoms with van der Waals surface area (Å²) < 4.78 is 24.6. The van der Waals surface area contributed by atoms with Gasteiger partial charge in [-0.3, -0.25) is 7.05 Å². The quantitative estimate of drug-likeness (QED) is 0.509. The maximum Gasteiger partial charge on any atom is 0.250 e. The van der Waals surface area contributed by atoms with Gasteiger partial charge in [-0.25, -0.2) is 8.78 Å². The van der Waals surface area contributed by atoms with Gasteiger partial charge in [0, 0.05) is 38.7 Å². The molecule has 1 aliphatic rings. The maximum absolute atomic E-state index is 12.3. The Balaban J connectivity index is 0.000000810. The third-order valence-electron chi connectivity index (χ3n) is 1.59. The molecule has 0 aliphatic carbocycles.